The minimum Gasteiger partial charge on any atom is -0.305 e. The van der Waals surface area contributed by atoms with Gasteiger partial charge in [0.15, 0.2) is 0 Å². The maximum absolute atomic E-state index is 2.69. The summed E-state index contributed by atoms with van der Waals surface area (Å²) in [7, 11) is 2.28. The zero-order chi connectivity index (χ0) is 16.6. The van der Waals surface area contributed by atoms with Crippen LogP contribution in [0.4, 0.5) is 0 Å². The van der Waals surface area contributed by atoms with Gasteiger partial charge in [-0.05, 0) is 51.6 Å². The van der Waals surface area contributed by atoms with Crippen LogP contribution >= 0.6 is 0 Å². The van der Waals surface area contributed by atoms with E-state index in [4.69, 9.17) is 0 Å². The van der Waals surface area contributed by atoms with Gasteiger partial charge in [0.2, 0.25) is 0 Å². The lowest BCUT2D eigenvalue weighted by Crippen LogP contribution is -2.46. The van der Waals surface area contributed by atoms with Crippen molar-refractivity contribution in [3.05, 3.63) is 35.9 Å². The smallest absolute Gasteiger partial charge is 0.0234 e. The average Bonchev–Trinajstić information content (AvgIpc) is 2.61. The molecule has 4 heteroatoms. The monoisotopic (exact) mass is 330 g/mol. The van der Waals surface area contributed by atoms with Crippen LogP contribution in [-0.2, 0) is 6.54 Å². The molecule has 3 rings (SSSR count). The number of hydrogen-bond donors (Lipinski definition) is 0. The first kappa shape index (κ1) is 17.9. The van der Waals surface area contributed by atoms with Gasteiger partial charge >= 0.3 is 0 Å². The molecule has 134 valence electrons. The molecule has 24 heavy (non-hydrogen) atoms. The third-order valence-electron chi connectivity index (χ3n) is 5.47. The highest BCUT2D eigenvalue weighted by Gasteiger charge is 2.17. The lowest BCUT2D eigenvalue weighted by Gasteiger charge is -2.35. The number of likely N-dealkylation sites (N-methyl/N-ethyl adjacent to an activating group) is 1. The molecular formula is C20H34N4. The van der Waals surface area contributed by atoms with Gasteiger partial charge in [-0.25, -0.2) is 0 Å². The number of benzene rings is 1. The van der Waals surface area contributed by atoms with Gasteiger partial charge in [0.1, 0.15) is 0 Å². The molecule has 2 aliphatic rings. The van der Waals surface area contributed by atoms with Crippen LogP contribution in [0.15, 0.2) is 30.3 Å². The van der Waals surface area contributed by atoms with Gasteiger partial charge in [-0.3, -0.25) is 4.90 Å². The van der Waals surface area contributed by atoms with Crippen molar-refractivity contribution in [3.8, 4) is 0 Å². The molecule has 0 saturated carbocycles. The Morgan fingerprint density at radius 3 is 2.04 bits per heavy atom. The maximum Gasteiger partial charge on any atom is 0.0234 e. The third kappa shape index (κ3) is 5.85. The van der Waals surface area contributed by atoms with E-state index in [2.05, 4.69) is 57.0 Å². The third-order valence-corrected chi connectivity index (χ3v) is 5.47. The highest BCUT2D eigenvalue weighted by atomic mass is 15.3. The van der Waals surface area contributed by atoms with Crippen LogP contribution in [0.2, 0.25) is 0 Å². The summed E-state index contributed by atoms with van der Waals surface area (Å²) in [6.45, 7) is 13.4. The standard InChI is InChI=1S/C20H34N4/c1-21-9-5-10-23-16-15-22(14-13-21)11-6-12-24(18-17-23)19-20-7-3-2-4-8-20/h2-4,7-8H,5-6,9-19H2,1H3. The molecule has 0 amide bonds. The Morgan fingerprint density at radius 1 is 0.667 bits per heavy atom. The molecule has 0 radical (unpaired) electrons. The molecule has 2 aliphatic heterocycles. The van der Waals surface area contributed by atoms with Crippen LogP contribution in [0.1, 0.15) is 18.4 Å². The van der Waals surface area contributed by atoms with Crippen molar-refractivity contribution in [2.45, 2.75) is 19.4 Å². The largest absolute Gasteiger partial charge is 0.305 e. The summed E-state index contributed by atoms with van der Waals surface area (Å²) in [6, 6.07) is 11.0. The van der Waals surface area contributed by atoms with Crippen LogP contribution in [-0.4, -0.2) is 92.1 Å². The van der Waals surface area contributed by atoms with E-state index in [1.165, 1.54) is 83.9 Å². The summed E-state index contributed by atoms with van der Waals surface area (Å²) in [5.41, 5.74) is 1.45. The van der Waals surface area contributed by atoms with Crippen molar-refractivity contribution in [1.29, 1.82) is 0 Å². The van der Waals surface area contributed by atoms with Crippen LogP contribution in [0.5, 0.6) is 0 Å². The lowest BCUT2D eigenvalue weighted by atomic mass is 10.2. The highest BCUT2D eigenvalue weighted by Crippen LogP contribution is 2.09. The number of hydrogen-bond acceptors (Lipinski definition) is 4. The van der Waals surface area contributed by atoms with Crippen molar-refractivity contribution in [1.82, 2.24) is 19.6 Å². The molecular weight excluding hydrogens is 296 g/mol. The van der Waals surface area contributed by atoms with Crippen molar-refractivity contribution >= 4 is 0 Å². The number of fused-ring (bicyclic) bond motifs is 3. The van der Waals surface area contributed by atoms with E-state index in [1.807, 2.05) is 0 Å². The predicted octanol–water partition coefficient (Wildman–Crippen LogP) is 1.83. The van der Waals surface area contributed by atoms with Crippen molar-refractivity contribution in [2.75, 3.05) is 72.5 Å². The van der Waals surface area contributed by atoms with E-state index in [9.17, 15) is 0 Å². The molecule has 0 spiro atoms. The predicted molar refractivity (Wildman–Crippen MR) is 101 cm³/mol. The van der Waals surface area contributed by atoms with E-state index >= 15 is 0 Å². The van der Waals surface area contributed by atoms with Crippen LogP contribution in [0.25, 0.3) is 0 Å². The van der Waals surface area contributed by atoms with Gasteiger partial charge in [0, 0.05) is 45.8 Å². The highest BCUT2D eigenvalue weighted by molar-refractivity contribution is 5.14. The first-order valence-electron chi connectivity index (χ1n) is 9.69. The van der Waals surface area contributed by atoms with Crippen molar-refractivity contribution < 1.29 is 0 Å². The van der Waals surface area contributed by atoms with E-state index in [0.29, 0.717) is 0 Å². The lowest BCUT2D eigenvalue weighted by molar-refractivity contribution is 0.125. The van der Waals surface area contributed by atoms with Crippen LogP contribution < -0.4 is 0 Å². The van der Waals surface area contributed by atoms with Crippen LogP contribution in [0, 0.1) is 0 Å². The van der Waals surface area contributed by atoms with Gasteiger partial charge in [-0.1, -0.05) is 30.3 Å². The van der Waals surface area contributed by atoms with Gasteiger partial charge in [-0.2, -0.15) is 0 Å². The van der Waals surface area contributed by atoms with E-state index in [-0.39, 0.29) is 0 Å². The van der Waals surface area contributed by atoms with Gasteiger partial charge in [-0.15, -0.1) is 0 Å². The molecule has 2 saturated heterocycles. The number of nitrogens with zero attached hydrogens (tertiary/aromatic N) is 4. The van der Waals surface area contributed by atoms with Crippen molar-refractivity contribution in [2.24, 2.45) is 0 Å². The van der Waals surface area contributed by atoms with Gasteiger partial charge in [0.05, 0.1) is 0 Å². The summed E-state index contributed by atoms with van der Waals surface area (Å²) in [6.07, 6.45) is 2.59. The summed E-state index contributed by atoms with van der Waals surface area (Å²) in [4.78, 5) is 10.5. The zero-order valence-corrected chi connectivity index (χ0v) is 15.4. The second kappa shape index (κ2) is 9.52. The molecule has 0 aliphatic carbocycles. The van der Waals surface area contributed by atoms with Crippen LogP contribution in [0.3, 0.4) is 0 Å². The zero-order valence-electron chi connectivity index (χ0n) is 15.4. The Balaban J connectivity index is 1.61. The van der Waals surface area contributed by atoms with Gasteiger partial charge in [0.25, 0.3) is 0 Å². The fourth-order valence-corrected chi connectivity index (χ4v) is 3.85. The average molecular weight is 331 g/mol. The Morgan fingerprint density at radius 2 is 1.29 bits per heavy atom. The molecule has 1 aromatic carbocycles. The molecule has 2 atom stereocenters. The molecule has 1 aromatic rings. The fraction of sp³-hybridized carbons (Fsp3) is 0.700. The Kier molecular flexibility index (Phi) is 7.09. The molecule has 2 fully saturated rings. The molecule has 2 unspecified atom stereocenters. The number of rotatable bonds is 2. The Bertz CT molecular complexity index is 464. The SMILES string of the molecule is CN1CCCN2CCN(CCCN(Cc3ccccc3)CC2)CC1. The summed E-state index contributed by atoms with van der Waals surface area (Å²) >= 11 is 0. The molecule has 2 bridgehead atoms. The molecule has 0 aromatic heterocycles. The maximum atomic E-state index is 2.69. The quantitative estimate of drug-likeness (QED) is 0.820. The van der Waals surface area contributed by atoms with E-state index < -0.39 is 0 Å². The normalized spacial score (nSPS) is 28.5. The minimum atomic E-state index is 1.09. The topological polar surface area (TPSA) is 13.0 Å². The molecule has 2 heterocycles. The first-order valence-corrected chi connectivity index (χ1v) is 9.69. The van der Waals surface area contributed by atoms with Gasteiger partial charge < -0.3 is 14.7 Å². The first-order chi connectivity index (χ1) is 11.8. The van der Waals surface area contributed by atoms with E-state index in [0.717, 1.165) is 6.54 Å². The summed E-state index contributed by atoms with van der Waals surface area (Å²) in [5, 5.41) is 0. The summed E-state index contributed by atoms with van der Waals surface area (Å²) in [5.74, 6) is 0. The second-order valence-corrected chi connectivity index (χ2v) is 7.46. The minimum absolute atomic E-state index is 1.09. The fourth-order valence-electron chi connectivity index (χ4n) is 3.85. The van der Waals surface area contributed by atoms with E-state index in [1.54, 1.807) is 0 Å². The Labute approximate surface area is 148 Å². The summed E-state index contributed by atoms with van der Waals surface area (Å²) < 4.78 is 0. The molecule has 0 N–H and O–H groups in total. The second-order valence-electron chi connectivity index (χ2n) is 7.46. The molecule has 4 nitrogen and oxygen atoms in total. The Hall–Kier alpha value is -0.940. The van der Waals surface area contributed by atoms with Crippen molar-refractivity contribution in [3.63, 3.8) is 0 Å².